The third-order valence-corrected chi connectivity index (χ3v) is 4.23. The van der Waals surface area contributed by atoms with Crippen LogP contribution in [0.15, 0.2) is 12.7 Å². The number of nitrogens with two attached hydrogens (primary N) is 1. The van der Waals surface area contributed by atoms with Crippen LogP contribution >= 0.6 is 0 Å². The number of anilines is 1. The van der Waals surface area contributed by atoms with E-state index in [0.29, 0.717) is 17.6 Å². The fourth-order valence-corrected chi connectivity index (χ4v) is 3.03. The summed E-state index contributed by atoms with van der Waals surface area (Å²) in [5, 5.41) is 19.7. The predicted octanol–water partition coefficient (Wildman–Crippen LogP) is -0.866. The van der Waals surface area contributed by atoms with Crippen molar-refractivity contribution in [2.45, 2.75) is 24.6 Å². The lowest BCUT2D eigenvalue weighted by molar-refractivity contribution is 0.113. The average Bonchev–Trinajstić information content (AvgIpc) is 3.01. The molecule has 3 rings (SSSR count). The summed E-state index contributed by atoms with van der Waals surface area (Å²) in [6.45, 7) is -0.0285. The van der Waals surface area contributed by atoms with Crippen LogP contribution in [0.1, 0.15) is 12.5 Å². The van der Waals surface area contributed by atoms with Crippen LogP contribution in [0.4, 0.5) is 5.82 Å². The molecular formula is C13H20N6O2. The lowest BCUT2D eigenvalue weighted by Gasteiger charge is -2.19. The first kappa shape index (κ1) is 14.2. The van der Waals surface area contributed by atoms with E-state index in [4.69, 9.17) is 5.73 Å². The maximum absolute atomic E-state index is 10.3. The molecule has 0 saturated heterocycles. The Morgan fingerprint density at radius 1 is 1.38 bits per heavy atom. The molecular weight excluding hydrogens is 272 g/mol. The Morgan fingerprint density at radius 3 is 2.76 bits per heavy atom. The van der Waals surface area contributed by atoms with Crippen molar-refractivity contribution in [3.63, 3.8) is 0 Å². The van der Waals surface area contributed by atoms with Gasteiger partial charge in [-0.05, 0) is 6.42 Å². The Hall–Kier alpha value is -1.77. The van der Waals surface area contributed by atoms with E-state index in [-0.39, 0.29) is 18.6 Å². The molecule has 0 radical (unpaired) electrons. The highest BCUT2D eigenvalue weighted by molar-refractivity contribution is 5.83. The van der Waals surface area contributed by atoms with Gasteiger partial charge in [-0.3, -0.25) is 0 Å². The van der Waals surface area contributed by atoms with Gasteiger partial charge in [0.2, 0.25) is 0 Å². The van der Waals surface area contributed by atoms with Crippen LogP contribution in [0, 0.1) is 5.92 Å². The largest absolute Gasteiger partial charge is 0.396 e. The molecule has 4 N–H and O–H groups in total. The van der Waals surface area contributed by atoms with Crippen LogP contribution in [0.2, 0.25) is 0 Å². The fraction of sp³-hybridized carbons (Fsp3) is 0.615. The fourth-order valence-electron chi connectivity index (χ4n) is 3.03. The number of hydrogen-bond donors (Lipinski definition) is 3. The monoisotopic (exact) mass is 292 g/mol. The molecule has 0 bridgehead atoms. The number of aliphatic hydroxyl groups is 2. The minimum absolute atomic E-state index is 0.0285. The smallest absolute Gasteiger partial charge is 0.165 e. The first-order chi connectivity index (χ1) is 10.0. The number of fused-ring (bicyclic) bond motifs is 1. The van der Waals surface area contributed by atoms with E-state index in [1.54, 1.807) is 6.33 Å². The van der Waals surface area contributed by atoms with Gasteiger partial charge in [0.15, 0.2) is 17.0 Å². The SMILES string of the molecule is CN(C)c1ncnc2c1ncn2[C@@H]1C[C@@H](CO)[C@@H](N)[C@H]1O. The van der Waals surface area contributed by atoms with Crippen molar-refractivity contribution < 1.29 is 10.2 Å². The molecule has 2 aromatic rings. The van der Waals surface area contributed by atoms with Crippen molar-refractivity contribution in [2.75, 3.05) is 25.6 Å². The lowest BCUT2D eigenvalue weighted by atomic mass is 10.1. The maximum Gasteiger partial charge on any atom is 0.165 e. The summed E-state index contributed by atoms with van der Waals surface area (Å²) in [4.78, 5) is 14.8. The highest BCUT2D eigenvalue weighted by Crippen LogP contribution is 2.36. The van der Waals surface area contributed by atoms with E-state index in [9.17, 15) is 10.2 Å². The van der Waals surface area contributed by atoms with Gasteiger partial charge in [-0.15, -0.1) is 0 Å². The van der Waals surface area contributed by atoms with Gasteiger partial charge in [-0.25, -0.2) is 15.0 Å². The molecule has 1 aliphatic carbocycles. The molecule has 0 spiro atoms. The molecule has 2 heterocycles. The number of rotatable bonds is 3. The van der Waals surface area contributed by atoms with Gasteiger partial charge < -0.3 is 25.4 Å². The Kier molecular flexibility index (Phi) is 3.52. The van der Waals surface area contributed by atoms with E-state index in [2.05, 4.69) is 15.0 Å². The standard InChI is InChI=1S/C13H20N6O2/c1-18(2)12-10-13(16-5-15-12)19(6-17-10)8-3-7(4-20)9(14)11(8)21/h5-9,11,20-21H,3-4,14H2,1-2H3/t7-,8+,9+,11-/m0/s1. The summed E-state index contributed by atoms with van der Waals surface area (Å²) in [5.41, 5.74) is 7.33. The van der Waals surface area contributed by atoms with Crippen molar-refractivity contribution >= 4 is 17.0 Å². The molecule has 1 fully saturated rings. The molecule has 8 nitrogen and oxygen atoms in total. The minimum atomic E-state index is -0.725. The number of aromatic nitrogens is 4. The first-order valence-electron chi connectivity index (χ1n) is 6.94. The molecule has 1 saturated carbocycles. The topological polar surface area (TPSA) is 113 Å². The second kappa shape index (κ2) is 5.21. The quantitative estimate of drug-likeness (QED) is 0.674. The maximum atomic E-state index is 10.3. The summed E-state index contributed by atoms with van der Waals surface area (Å²) < 4.78 is 1.84. The van der Waals surface area contributed by atoms with Crippen LogP contribution < -0.4 is 10.6 Å². The predicted molar refractivity (Wildman–Crippen MR) is 77.9 cm³/mol. The van der Waals surface area contributed by atoms with E-state index in [0.717, 1.165) is 5.82 Å². The molecule has 8 heteroatoms. The van der Waals surface area contributed by atoms with Crippen LogP contribution in [0.25, 0.3) is 11.2 Å². The van der Waals surface area contributed by atoms with Gasteiger partial charge >= 0.3 is 0 Å². The van der Waals surface area contributed by atoms with E-state index >= 15 is 0 Å². The Morgan fingerprint density at radius 2 is 2.14 bits per heavy atom. The minimum Gasteiger partial charge on any atom is -0.396 e. The zero-order chi connectivity index (χ0) is 15.1. The summed E-state index contributed by atoms with van der Waals surface area (Å²) in [7, 11) is 3.78. The van der Waals surface area contributed by atoms with Crippen molar-refractivity contribution in [1.29, 1.82) is 0 Å². The molecule has 4 atom stereocenters. The zero-order valence-electron chi connectivity index (χ0n) is 12.1. The van der Waals surface area contributed by atoms with Crippen LogP contribution in [0.3, 0.4) is 0 Å². The van der Waals surface area contributed by atoms with Crippen molar-refractivity contribution in [3.05, 3.63) is 12.7 Å². The third kappa shape index (κ3) is 2.15. The summed E-state index contributed by atoms with van der Waals surface area (Å²) in [6.07, 6.45) is 3.02. The highest BCUT2D eigenvalue weighted by Gasteiger charge is 2.41. The van der Waals surface area contributed by atoms with Gasteiger partial charge in [-0.1, -0.05) is 0 Å². The van der Waals surface area contributed by atoms with E-state index in [1.807, 2.05) is 23.6 Å². The zero-order valence-corrected chi connectivity index (χ0v) is 12.1. The summed E-state index contributed by atoms with van der Waals surface area (Å²) in [6, 6.07) is -0.667. The molecule has 114 valence electrons. The average molecular weight is 292 g/mol. The molecule has 0 unspecified atom stereocenters. The lowest BCUT2D eigenvalue weighted by Crippen LogP contribution is -2.38. The molecule has 1 aliphatic rings. The van der Waals surface area contributed by atoms with Gasteiger partial charge in [0.05, 0.1) is 18.5 Å². The molecule has 21 heavy (non-hydrogen) atoms. The van der Waals surface area contributed by atoms with E-state index < -0.39 is 12.1 Å². The third-order valence-electron chi connectivity index (χ3n) is 4.23. The number of hydrogen-bond acceptors (Lipinski definition) is 7. The summed E-state index contributed by atoms with van der Waals surface area (Å²) in [5.74, 6) is 0.617. The molecule has 0 aliphatic heterocycles. The van der Waals surface area contributed by atoms with Gasteiger partial charge in [0, 0.05) is 32.7 Å². The molecule has 0 amide bonds. The molecule has 2 aromatic heterocycles. The van der Waals surface area contributed by atoms with Crippen LogP contribution in [0.5, 0.6) is 0 Å². The summed E-state index contributed by atoms with van der Waals surface area (Å²) >= 11 is 0. The molecule has 0 aromatic carbocycles. The van der Waals surface area contributed by atoms with E-state index in [1.165, 1.54) is 6.33 Å². The van der Waals surface area contributed by atoms with Crippen LogP contribution in [-0.4, -0.2) is 62.6 Å². The highest BCUT2D eigenvalue weighted by atomic mass is 16.3. The Balaban J connectivity index is 2.04. The van der Waals surface area contributed by atoms with Crippen LogP contribution in [-0.2, 0) is 0 Å². The van der Waals surface area contributed by atoms with Crippen molar-refractivity contribution in [1.82, 2.24) is 19.5 Å². The van der Waals surface area contributed by atoms with Crippen molar-refractivity contribution in [2.24, 2.45) is 11.7 Å². The number of imidazole rings is 1. The van der Waals surface area contributed by atoms with Gasteiger partial charge in [0.25, 0.3) is 0 Å². The number of nitrogens with zero attached hydrogens (tertiary/aromatic N) is 5. The number of aliphatic hydroxyl groups excluding tert-OH is 2. The second-order valence-electron chi connectivity index (χ2n) is 5.73. The van der Waals surface area contributed by atoms with Gasteiger partial charge in [0.1, 0.15) is 6.33 Å². The normalized spacial score (nSPS) is 29.2. The Labute approximate surface area is 122 Å². The second-order valence-corrected chi connectivity index (χ2v) is 5.73. The van der Waals surface area contributed by atoms with Gasteiger partial charge in [-0.2, -0.15) is 0 Å². The van der Waals surface area contributed by atoms with Crippen molar-refractivity contribution in [3.8, 4) is 0 Å². The first-order valence-corrected chi connectivity index (χ1v) is 6.94. The Bertz CT molecular complexity index is 643.